The molecule has 0 radical (unpaired) electrons. The number of hydrogen-bond donors (Lipinski definition) is 0. The first kappa shape index (κ1) is 19.1. The quantitative estimate of drug-likeness (QED) is 0.373. The lowest BCUT2D eigenvalue weighted by Gasteiger charge is -2.07. The van der Waals surface area contributed by atoms with Crippen LogP contribution in [0, 0.1) is 19.7 Å². The summed E-state index contributed by atoms with van der Waals surface area (Å²) >= 11 is 1.22. The largest absolute Gasteiger partial charge is 0.300 e. The summed E-state index contributed by atoms with van der Waals surface area (Å²) in [5.41, 5.74) is 2.72. The van der Waals surface area contributed by atoms with Gasteiger partial charge in [0, 0.05) is 18.0 Å². The Morgan fingerprint density at radius 2 is 1.93 bits per heavy atom. The van der Waals surface area contributed by atoms with Gasteiger partial charge in [0.1, 0.15) is 5.82 Å². The van der Waals surface area contributed by atoms with Gasteiger partial charge in [0.15, 0.2) is 10.9 Å². The first-order chi connectivity index (χ1) is 13.9. The number of ketones is 1. The van der Waals surface area contributed by atoms with Gasteiger partial charge in [-0.05, 0) is 43.7 Å². The Morgan fingerprint density at radius 3 is 2.72 bits per heavy atom. The van der Waals surface area contributed by atoms with E-state index in [0.717, 1.165) is 11.1 Å². The van der Waals surface area contributed by atoms with Gasteiger partial charge >= 0.3 is 5.56 Å². The first-order valence-corrected chi connectivity index (χ1v) is 9.88. The van der Waals surface area contributed by atoms with Crippen molar-refractivity contribution in [2.24, 2.45) is 0 Å². The minimum atomic E-state index is -0.433. The van der Waals surface area contributed by atoms with Gasteiger partial charge in [0.2, 0.25) is 5.65 Å². The second-order valence-electron chi connectivity index (χ2n) is 6.66. The van der Waals surface area contributed by atoms with E-state index in [1.54, 1.807) is 16.7 Å². The number of hydrogen-bond acceptors (Lipinski definition) is 5. The van der Waals surface area contributed by atoms with Crippen molar-refractivity contribution >= 4 is 23.2 Å². The molecule has 0 fully saturated rings. The topological polar surface area (TPSA) is 69.3 Å². The maximum atomic E-state index is 13.5. The Balaban J connectivity index is 1.61. The summed E-state index contributed by atoms with van der Waals surface area (Å²) in [5.74, 6) is -0.268. The van der Waals surface area contributed by atoms with Crippen LogP contribution in [-0.4, -0.2) is 30.7 Å². The predicted molar refractivity (Wildman–Crippen MR) is 110 cm³/mol. The van der Waals surface area contributed by atoms with Gasteiger partial charge in [0.05, 0.1) is 11.4 Å². The van der Waals surface area contributed by atoms with Crippen molar-refractivity contribution in [2.75, 3.05) is 5.75 Å². The summed E-state index contributed by atoms with van der Waals surface area (Å²) in [7, 11) is 0. The molecule has 2 aromatic heterocycles. The second kappa shape index (κ2) is 7.63. The molecule has 0 bridgehead atoms. The van der Waals surface area contributed by atoms with E-state index >= 15 is 0 Å². The monoisotopic (exact) mass is 408 g/mol. The van der Waals surface area contributed by atoms with Crippen LogP contribution in [0.5, 0.6) is 0 Å². The van der Waals surface area contributed by atoms with Crippen LogP contribution in [0.2, 0.25) is 0 Å². The Labute approximate surface area is 170 Å². The number of carbonyl (C=O) groups is 1. The fourth-order valence-corrected chi connectivity index (χ4v) is 3.84. The number of rotatable bonds is 5. The molecule has 4 aromatic rings. The van der Waals surface area contributed by atoms with Crippen LogP contribution >= 0.6 is 11.8 Å². The SMILES string of the molecule is Cc1ccc(C)c(C(=O)CSc2nnc3c(=O)n(-c4cccc(F)c4)ccn23)c1. The average molecular weight is 408 g/mol. The minimum Gasteiger partial charge on any atom is -0.293 e. The lowest BCUT2D eigenvalue weighted by Crippen LogP contribution is -2.20. The van der Waals surface area contributed by atoms with E-state index in [-0.39, 0.29) is 17.2 Å². The molecule has 0 amide bonds. The van der Waals surface area contributed by atoms with E-state index in [4.69, 9.17) is 0 Å². The third-order valence-corrected chi connectivity index (χ3v) is 5.49. The molecular formula is C21H17FN4O2S. The molecule has 4 rings (SSSR count). The third-order valence-electron chi connectivity index (χ3n) is 4.55. The normalized spacial score (nSPS) is 11.1. The zero-order valence-corrected chi connectivity index (χ0v) is 16.6. The number of Topliss-reactive ketones (excluding diaryl/α,β-unsaturated/α-hetero) is 1. The zero-order valence-electron chi connectivity index (χ0n) is 15.8. The maximum Gasteiger partial charge on any atom is 0.300 e. The fraction of sp³-hybridized carbons (Fsp3) is 0.143. The third kappa shape index (κ3) is 3.71. The fourth-order valence-electron chi connectivity index (χ4n) is 3.04. The summed E-state index contributed by atoms with van der Waals surface area (Å²) in [4.78, 5) is 25.3. The predicted octanol–water partition coefficient (Wildman–Crippen LogP) is 3.61. The summed E-state index contributed by atoms with van der Waals surface area (Å²) in [6, 6.07) is 11.5. The maximum absolute atomic E-state index is 13.5. The van der Waals surface area contributed by atoms with Crippen LogP contribution in [0.15, 0.2) is 64.8 Å². The highest BCUT2D eigenvalue weighted by Gasteiger charge is 2.15. The molecule has 146 valence electrons. The van der Waals surface area contributed by atoms with Crippen molar-refractivity contribution < 1.29 is 9.18 Å². The van der Waals surface area contributed by atoms with Gasteiger partial charge < -0.3 is 0 Å². The average Bonchev–Trinajstić information content (AvgIpc) is 3.12. The zero-order chi connectivity index (χ0) is 20.5. The molecule has 6 nitrogen and oxygen atoms in total. The molecule has 0 aliphatic carbocycles. The van der Waals surface area contributed by atoms with E-state index in [0.29, 0.717) is 16.4 Å². The Hall–Kier alpha value is -3.26. The number of halogens is 1. The van der Waals surface area contributed by atoms with Crippen molar-refractivity contribution in [1.82, 2.24) is 19.2 Å². The molecule has 2 heterocycles. The van der Waals surface area contributed by atoms with E-state index in [2.05, 4.69) is 10.2 Å². The van der Waals surface area contributed by atoms with Crippen LogP contribution < -0.4 is 5.56 Å². The Bertz CT molecular complexity index is 1300. The molecule has 0 N–H and O–H groups in total. The molecule has 0 unspecified atom stereocenters. The highest BCUT2D eigenvalue weighted by atomic mass is 32.2. The van der Waals surface area contributed by atoms with E-state index in [1.807, 2.05) is 32.0 Å². The summed E-state index contributed by atoms with van der Waals surface area (Å²) in [6.45, 7) is 3.84. The standard InChI is InChI=1S/C21H17FN4O2S/c1-13-6-7-14(2)17(10-13)18(27)12-29-21-24-23-19-20(28)25(8-9-26(19)21)16-5-3-4-15(22)11-16/h3-11H,12H2,1-2H3. The van der Waals surface area contributed by atoms with Crippen molar-refractivity contribution in [1.29, 1.82) is 0 Å². The molecular weight excluding hydrogens is 391 g/mol. The smallest absolute Gasteiger partial charge is 0.293 e. The molecule has 0 saturated heterocycles. The van der Waals surface area contributed by atoms with E-state index < -0.39 is 11.4 Å². The highest BCUT2D eigenvalue weighted by molar-refractivity contribution is 7.99. The summed E-state index contributed by atoms with van der Waals surface area (Å²) in [5, 5.41) is 8.46. The van der Waals surface area contributed by atoms with Crippen LogP contribution in [0.3, 0.4) is 0 Å². The number of carbonyl (C=O) groups excluding carboxylic acids is 1. The van der Waals surface area contributed by atoms with Gasteiger partial charge in [-0.3, -0.25) is 18.6 Å². The molecule has 0 aliphatic heterocycles. The van der Waals surface area contributed by atoms with Gasteiger partial charge in [-0.1, -0.05) is 35.5 Å². The number of aryl methyl sites for hydroxylation is 2. The lowest BCUT2D eigenvalue weighted by atomic mass is 10.0. The number of benzene rings is 2. The molecule has 8 heteroatoms. The van der Waals surface area contributed by atoms with Crippen molar-refractivity contribution in [3.05, 3.63) is 87.7 Å². The van der Waals surface area contributed by atoms with E-state index in [9.17, 15) is 14.0 Å². The van der Waals surface area contributed by atoms with Crippen molar-refractivity contribution in [2.45, 2.75) is 19.0 Å². The summed E-state index contributed by atoms with van der Waals surface area (Å²) in [6.07, 6.45) is 3.16. The highest BCUT2D eigenvalue weighted by Crippen LogP contribution is 2.20. The molecule has 0 atom stereocenters. The van der Waals surface area contributed by atoms with Crippen LogP contribution in [0.25, 0.3) is 11.3 Å². The van der Waals surface area contributed by atoms with Crippen LogP contribution in [-0.2, 0) is 0 Å². The minimum absolute atomic E-state index is 0.0129. The lowest BCUT2D eigenvalue weighted by molar-refractivity contribution is 0.102. The van der Waals surface area contributed by atoms with Gasteiger partial charge in [-0.15, -0.1) is 10.2 Å². The summed E-state index contributed by atoms with van der Waals surface area (Å²) < 4.78 is 16.3. The number of aromatic nitrogens is 4. The van der Waals surface area contributed by atoms with Gasteiger partial charge in [0.25, 0.3) is 0 Å². The Morgan fingerprint density at radius 1 is 1.10 bits per heavy atom. The second-order valence-corrected chi connectivity index (χ2v) is 7.60. The number of fused-ring (bicyclic) bond motifs is 1. The first-order valence-electron chi connectivity index (χ1n) is 8.89. The number of thioether (sulfide) groups is 1. The van der Waals surface area contributed by atoms with Crippen molar-refractivity contribution in [3.8, 4) is 5.69 Å². The molecule has 0 spiro atoms. The molecule has 29 heavy (non-hydrogen) atoms. The van der Waals surface area contributed by atoms with Crippen molar-refractivity contribution in [3.63, 3.8) is 0 Å². The molecule has 2 aromatic carbocycles. The Kier molecular flexibility index (Phi) is 5.02. The number of nitrogens with zero attached hydrogens (tertiary/aromatic N) is 4. The molecule has 0 aliphatic rings. The van der Waals surface area contributed by atoms with Crippen LogP contribution in [0.1, 0.15) is 21.5 Å². The van der Waals surface area contributed by atoms with Crippen LogP contribution in [0.4, 0.5) is 4.39 Å². The van der Waals surface area contributed by atoms with Gasteiger partial charge in [-0.2, -0.15) is 0 Å². The van der Waals surface area contributed by atoms with E-state index in [1.165, 1.54) is 40.7 Å². The molecule has 0 saturated carbocycles. The van der Waals surface area contributed by atoms with Gasteiger partial charge in [-0.25, -0.2) is 4.39 Å².